The normalized spacial score (nSPS) is 10.6. The zero-order valence-electron chi connectivity index (χ0n) is 6.70. The van der Waals surface area contributed by atoms with E-state index < -0.39 is 0 Å². The summed E-state index contributed by atoms with van der Waals surface area (Å²) in [4.78, 5) is 4.24. The number of fused-ring (bicyclic) bond motifs is 1. The van der Waals surface area contributed by atoms with E-state index in [1.807, 2.05) is 17.9 Å². The fourth-order valence-corrected chi connectivity index (χ4v) is 1.25. The Kier molecular flexibility index (Phi) is 1.25. The van der Waals surface area contributed by atoms with Gasteiger partial charge in [0.15, 0.2) is 0 Å². The van der Waals surface area contributed by atoms with Crippen LogP contribution in [-0.4, -0.2) is 17.4 Å². The first-order chi connectivity index (χ1) is 5.27. The molecule has 0 bridgehead atoms. The quantitative estimate of drug-likeness (QED) is 0.469. The molecule has 0 amide bonds. The molecule has 1 aromatic heterocycles. The van der Waals surface area contributed by atoms with Crippen molar-refractivity contribution in [3.8, 4) is 0 Å². The first-order valence-electron chi connectivity index (χ1n) is 3.65. The lowest BCUT2D eigenvalue weighted by Crippen LogP contribution is -1.99. The highest BCUT2D eigenvalue weighted by Gasteiger charge is 1.96. The number of aryl methyl sites for hydroxylation is 1. The van der Waals surface area contributed by atoms with E-state index in [1.165, 1.54) is 11.0 Å². The molecule has 0 saturated heterocycles. The molecule has 11 heavy (non-hydrogen) atoms. The van der Waals surface area contributed by atoms with E-state index in [4.69, 9.17) is 0 Å². The molecule has 0 fully saturated rings. The summed E-state index contributed by atoms with van der Waals surface area (Å²) in [5.41, 5.74) is 3.53. The zero-order chi connectivity index (χ0) is 7.84. The predicted molar refractivity (Wildman–Crippen MR) is 48.9 cm³/mol. The number of aromatic nitrogens is 2. The van der Waals surface area contributed by atoms with Gasteiger partial charge in [-0.1, -0.05) is 11.5 Å². The van der Waals surface area contributed by atoms with Crippen molar-refractivity contribution in [2.24, 2.45) is 7.05 Å². The molecule has 54 valence electrons. The molecule has 0 atom stereocenters. The molecule has 0 spiro atoms. The number of imidazole rings is 1. The molecule has 0 saturated carbocycles. The minimum atomic E-state index is 1.08. The van der Waals surface area contributed by atoms with Gasteiger partial charge in [-0.25, -0.2) is 4.98 Å². The highest BCUT2D eigenvalue weighted by atomic mass is 15.0. The van der Waals surface area contributed by atoms with E-state index in [0.29, 0.717) is 0 Å². The van der Waals surface area contributed by atoms with Crippen molar-refractivity contribution in [3.63, 3.8) is 0 Å². The summed E-state index contributed by atoms with van der Waals surface area (Å²) in [5.74, 6) is 0. The summed E-state index contributed by atoms with van der Waals surface area (Å²) >= 11 is 0. The number of nitrogens with zero attached hydrogens (tertiary/aromatic N) is 2. The van der Waals surface area contributed by atoms with Crippen molar-refractivity contribution >= 4 is 24.3 Å². The summed E-state index contributed by atoms with van der Waals surface area (Å²) in [7, 11) is 4.08. The highest BCUT2D eigenvalue weighted by molar-refractivity contribution is 6.33. The third-order valence-electron chi connectivity index (χ3n) is 1.88. The first-order valence-corrected chi connectivity index (χ1v) is 3.65. The second-order valence-corrected chi connectivity index (χ2v) is 2.85. The Morgan fingerprint density at radius 3 is 3.09 bits per heavy atom. The molecule has 3 heteroatoms. The first kappa shape index (κ1) is 6.46. The molecular formula is C8H9BN2. The lowest BCUT2D eigenvalue weighted by Gasteiger charge is -1.93. The highest BCUT2D eigenvalue weighted by Crippen LogP contribution is 2.07. The van der Waals surface area contributed by atoms with E-state index in [2.05, 4.69) is 31.0 Å². The SMILES string of the molecule is Bc1ccc2c(c1)ncn2C. The fraction of sp³-hybridized carbons (Fsp3) is 0.125. The Morgan fingerprint density at radius 2 is 2.27 bits per heavy atom. The van der Waals surface area contributed by atoms with Crippen LogP contribution in [0.1, 0.15) is 0 Å². The molecule has 0 aliphatic carbocycles. The molecule has 0 aliphatic heterocycles. The van der Waals surface area contributed by atoms with Crippen molar-refractivity contribution < 1.29 is 0 Å². The van der Waals surface area contributed by atoms with Crippen LogP contribution in [0, 0.1) is 0 Å². The Labute approximate surface area is 66.3 Å². The topological polar surface area (TPSA) is 17.8 Å². The van der Waals surface area contributed by atoms with E-state index in [0.717, 1.165) is 5.52 Å². The number of benzene rings is 1. The predicted octanol–water partition coefficient (Wildman–Crippen LogP) is -0.168. The van der Waals surface area contributed by atoms with Crippen molar-refractivity contribution in [1.82, 2.24) is 9.55 Å². The third kappa shape index (κ3) is 0.927. The standard InChI is InChI=1S/C8H9BN2/c1-11-5-10-7-4-6(9)2-3-8(7)11/h2-5H,9H2,1H3. The molecule has 0 aliphatic rings. The Hall–Kier alpha value is -1.25. The van der Waals surface area contributed by atoms with Gasteiger partial charge >= 0.3 is 0 Å². The Morgan fingerprint density at radius 1 is 1.45 bits per heavy atom. The maximum atomic E-state index is 4.24. The number of rotatable bonds is 0. The molecule has 0 N–H and O–H groups in total. The van der Waals surface area contributed by atoms with Gasteiger partial charge in [-0.3, -0.25) is 0 Å². The summed E-state index contributed by atoms with van der Waals surface area (Å²) < 4.78 is 2.02. The molecule has 0 radical (unpaired) electrons. The summed E-state index contributed by atoms with van der Waals surface area (Å²) in [6, 6.07) is 6.29. The van der Waals surface area contributed by atoms with E-state index in [-0.39, 0.29) is 0 Å². The smallest absolute Gasteiger partial charge is 0.139 e. The van der Waals surface area contributed by atoms with Gasteiger partial charge < -0.3 is 4.57 Å². The largest absolute Gasteiger partial charge is 0.334 e. The van der Waals surface area contributed by atoms with Crippen molar-refractivity contribution in [1.29, 1.82) is 0 Å². The average Bonchev–Trinajstić information content (AvgIpc) is 2.32. The van der Waals surface area contributed by atoms with Crippen molar-refractivity contribution in [2.75, 3.05) is 0 Å². The fourth-order valence-electron chi connectivity index (χ4n) is 1.25. The van der Waals surface area contributed by atoms with Crippen LogP contribution < -0.4 is 5.46 Å². The van der Waals surface area contributed by atoms with Crippen molar-refractivity contribution in [2.45, 2.75) is 0 Å². The molecular weight excluding hydrogens is 135 g/mol. The minimum absolute atomic E-state index is 1.08. The second-order valence-electron chi connectivity index (χ2n) is 2.85. The zero-order valence-corrected chi connectivity index (χ0v) is 6.70. The van der Waals surface area contributed by atoms with Crippen molar-refractivity contribution in [3.05, 3.63) is 24.5 Å². The van der Waals surface area contributed by atoms with Gasteiger partial charge in [-0.2, -0.15) is 0 Å². The van der Waals surface area contributed by atoms with Gasteiger partial charge in [0.05, 0.1) is 17.4 Å². The van der Waals surface area contributed by atoms with Crippen LogP contribution in [0.5, 0.6) is 0 Å². The van der Waals surface area contributed by atoms with Crippen LogP contribution in [0.25, 0.3) is 11.0 Å². The molecule has 0 unspecified atom stereocenters. The van der Waals surface area contributed by atoms with Gasteiger partial charge in [0.2, 0.25) is 0 Å². The van der Waals surface area contributed by atoms with Crippen LogP contribution in [0.3, 0.4) is 0 Å². The Balaban J connectivity index is 2.86. The molecule has 2 rings (SSSR count). The lowest BCUT2D eigenvalue weighted by atomic mass is 9.96. The summed E-state index contributed by atoms with van der Waals surface area (Å²) in [6.07, 6.45) is 1.84. The third-order valence-corrected chi connectivity index (χ3v) is 1.88. The van der Waals surface area contributed by atoms with Gasteiger partial charge in [-0.05, 0) is 12.1 Å². The summed E-state index contributed by atoms with van der Waals surface area (Å²) in [5, 5.41) is 0. The minimum Gasteiger partial charge on any atom is -0.334 e. The van der Waals surface area contributed by atoms with Crippen LogP contribution >= 0.6 is 0 Å². The number of hydrogen-bond donors (Lipinski definition) is 0. The van der Waals surface area contributed by atoms with Crippen LogP contribution in [0.15, 0.2) is 24.5 Å². The van der Waals surface area contributed by atoms with Crippen LogP contribution in [0.4, 0.5) is 0 Å². The molecule has 1 heterocycles. The van der Waals surface area contributed by atoms with Gasteiger partial charge in [0, 0.05) is 7.05 Å². The van der Waals surface area contributed by atoms with Crippen LogP contribution in [0.2, 0.25) is 0 Å². The molecule has 2 nitrogen and oxygen atoms in total. The van der Waals surface area contributed by atoms with Crippen LogP contribution in [-0.2, 0) is 7.05 Å². The lowest BCUT2D eigenvalue weighted by molar-refractivity contribution is 0.948. The Bertz CT molecular complexity index is 392. The summed E-state index contributed by atoms with van der Waals surface area (Å²) in [6.45, 7) is 0. The maximum Gasteiger partial charge on any atom is 0.139 e. The van der Waals surface area contributed by atoms with Gasteiger partial charge in [0.1, 0.15) is 7.85 Å². The van der Waals surface area contributed by atoms with E-state index >= 15 is 0 Å². The average molecular weight is 144 g/mol. The maximum absolute atomic E-state index is 4.24. The van der Waals surface area contributed by atoms with Gasteiger partial charge in [0.25, 0.3) is 0 Å². The van der Waals surface area contributed by atoms with E-state index in [9.17, 15) is 0 Å². The van der Waals surface area contributed by atoms with E-state index in [1.54, 1.807) is 0 Å². The second kappa shape index (κ2) is 2.12. The van der Waals surface area contributed by atoms with Gasteiger partial charge in [-0.15, -0.1) is 0 Å². The molecule has 1 aromatic carbocycles. The number of hydrogen-bond acceptors (Lipinski definition) is 1. The monoisotopic (exact) mass is 144 g/mol. The molecule has 2 aromatic rings.